The van der Waals surface area contributed by atoms with Crippen LogP contribution in [0.15, 0.2) is 42.5 Å². The topological polar surface area (TPSA) is 62.3 Å². The van der Waals surface area contributed by atoms with Gasteiger partial charge in [0.2, 0.25) is 0 Å². The van der Waals surface area contributed by atoms with E-state index in [1.165, 1.54) is 30.4 Å². The summed E-state index contributed by atoms with van der Waals surface area (Å²) in [7, 11) is 0. The third-order valence-electron chi connectivity index (χ3n) is 6.97. The number of hydrogen-bond donors (Lipinski definition) is 1. The van der Waals surface area contributed by atoms with Crippen molar-refractivity contribution in [3.05, 3.63) is 75.4 Å². The first-order valence-corrected chi connectivity index (χ1v) is 12.7. The predicted molar refractivity (Wildman–Crippen MR) is 132 cm³/mol. The van der Waals surface area contributed by atoms with E-state index >= 15 is 0 Å². The van der Waals surface area contributed by atoms with Crippen LogP contribution in [0.2, 0.25) is 0 Å². The SMILES string of the molecule is Cc1cccc(-c2sc(C)nc2C(=O)N2C3C[C@H]3C[C@H]2CNC(=O)c2ccc(C)c(C(F)(F)F)c2)c1. The van der Waals surface area contributed by atoms with E-state index in [9.17, 15) is 22.8 Å². The van der Waals surface area contributed by atoms with Crippen molar-refractivity contribution in [1.29, 1.82) is 0 Å². The lowest BCUT2D eigenvalue weighted by molar-refractivity contribution is -0.138. The highest BCUT2D eigenvalue weighted by molar-refractivity contribution is 7.15. The van der Waals surface area contributed by atoms with Crippen LogP contribution in [0.5, 0.6) is 0 Å². The van der Waals surface area contributed by atoms with E-state index in [0.29, 0.717) is 11.6 Å². The Hall–Kier alpha value is -3.20. The number of nitrogens with zero attached hydrogens (tertiary/aromatic N) is 2. The second kappa shape index (κ2) is 9.03. The molecule has 1 unspecified atom stereocenters. The van der Waals surface area contributed by atoms with Crippen LogP contribution in [-0.4, -0.2) is 40.3 Å². The molecule has 1 aliphatic carbocycles. The smallest absolute Gasteiger partial charge is 0.350 e. The molecule has 9 heteroatoms. The molecule has 2 aromatic carbocycles. The molecule has 2 heterocycles. The van der Waals surface area contributed by atoms with E-state index in [1.807, 2.05) is 43.0 Å². The predicted octanol–water partition coefficient (Wildman–Crippen LogP) is 5.79. The minimum atomic E-state index is -4.53. The molecule has 2 aliphatic rings. The van der Waals surface area contributed by atoms with Crippen molar-refractivity contribution in [2.75, 3.05) is 6.54 Å². The fourth-order valence-electron chi connectivity index (χ4n) is 5.12. The van der Waals surface area contributed by atoms with Crippen LogP contribution in [0.1, 0.15) is 55.4 Å². The molecule has 0 bridgehead atoms. The Labute approximate surface area is 211 Å². The van der Waals surface area contributed by atoms with Gasteiger partial charge in [-0.15, -0.1) is 11.3 Å². The van der Waals surface area contributed by atoms with E-state index in [2.05, 4.69) is 10.3 Å². The van der Waals surface area contributed by atoms with Gasteiger partial charge in [-0.2, -0.15) is 13.2 Å². The zero-order valence-electron chi connectivity index (χ0n) is 20.1. The number of benzene rings is 2. The number of carbonyl (C=O) groups excluding carboxylic acids is 2. The van der Waals surface area contributed by atoms with Gasteiger partial charge in [-0.05, 0) is 62.8 Å². The highest BCUT2D eigenvalue weighted by Crippen LogP contribution is 2.49. The van der Waals surface area contributed by atoms with Crippen LogP contribution >= 0.6 is 11.3 Å². The number of fused-ring (bicyclic) bond motifs is 1. The monoisotopic (exact) mass is 513 g/mol. The number of amides is 2. The number of nitrogens with one attached hydrogen (secondary N) is 1. The second-order valence-corrected chi connectivity index (χ2v) is 10.9. The number of rotatable bonds is 5. The average Bonchev–Trinajstić information content (AvgIpc) is 3.30. The largest absolute Gasteiger partial charge is 0.416 e. The lowest BCUT2D eigenvalue weighted by Crippen LogP contribution is -2.45. The van der Waals surface area contributed by atoms with E-state index < -0.39 is 17.6 Å². The van der Waals surface area contributed by atoms with E-state index in [0.717, 1.165) is 39.9 Å². The molecule has 188 valence electrons. The normalized spacial score (nSPS) is 20.8. The molecule has 0 radical (unpaired) electrons. The molecular formula is C27H26F3N3O2S. The summed E-state index contributed by atoms with van der Waals surface area (Å²) in [5.74, 6) is -0.359. The molecule has 1 aromatic heterocycles. The summed E-state index contributed by atoms with van der Waals surface area (Å²) in [4.78, 5) is 33.7. The van der Waals surface area contributed by atoms with Gasteiger partial charge in [0.15, 0.2) is 0 Å². The van der Waals surface area contributed by atoms with Gasteiger partial charge in [0.1, 0.15) is 5.69 Å². The fraction of sp³-hybridized carbons (Fsp3) is 0.370. The fourth-order valence-corrected chi connectivity index (χ4v) is 6.02. The zero-order chi connectivity index (χ0) is 25.8. The molecule has 1 saturated carbocycles. The quantitative estimate of drug-likeness (QED) is 0.470. The van der Waals surface area contributed by atoms with Crippen molar-refractivity contribution in [3.63, 3.8) is 0 Å². The van der Waals surface area contributed by atoms with Crippen LogP contribution in [0.25, 0.3) is 10.4 Å². The number of aryl methyl sites for hydroxylation is 3. The van der Waals surface area contributed by atoms with Crippen molar-refractivity contribution in [3.8, 4) is 10.4 Å². The van der Waals surface area contributed by atoms with E-state index in [-0.39, 0.29) is 35.7 Å². The first kappa shape index (κ1) is 24.5. The summed E-state index contributed by atoms with van der Waals surface area (Å²) in [6.45, 7) is 5.41. The molecule has 5 nitrogen and oxygen atoms in total. The van der Waals surface area contributed by atoms with Gasteiger partial charge in [0.25, 0.3) is 11.8 Å². The molecule has 36 heavy (non-hydrogen) atoms. The molecule has 1 saturated heterocycles. The van der Waals surface area contributed by atoms with Gasteiger partial charge in [0.05, 0.1) is 21.5 Å². The summed E-state index contributed by atoms with van der Waals surface area (Å²) in [6, 6.07) is 11.4. The molecule has 2 amide bonds. The number of thiazole rings is 1. The van der Waals surface area contributed by atoms with Gasteiger partial charge in [0, 0.05) is 18.2 Å². The van der Waals surface area contributed by atoms with Crippen molar-refractivity contribution < 1.29 is 22.8 Å². The Morgan fingerprint density at radius 2 is 1.89 bits per heavy atom. The van der Waals surface area contributed by atoms with Crippen LogP contribution in [0, 0.1) is 26.7 Å². The van der Waals surface area contributed by atoms with Crippen LogP contribution in [-0.2, 0) is 6.18 Å². The maximum absolute atomic E-state index is 13.7. The Morgan fingerprint density at radius 3 is 2.61 bits per heavy atom. The number of carbonyl (C=O) groups is 2. The van der Waals surface area contributed by atoms with Gasteiger partial charge < -0.3 is 10.2 Å². The van der Waals surface area contributed by atoms with Gasteiger partial charge in [-0.1, -0.05) is 35.9 Å². The molecule has 5 rings (SSSR count). The van der Waals surface area contributed by atoms with Crippen LogP contribution in [0.3, 0.4) is 0 Å². The van der Waals surface area contributed by atoms with Crippen LogP contribution in [0.4, 0.5) is 13.2 Å². The summed E-state index contributed by atoms with van der Waals surface area (Å²) >= 11 is 1.48. The molecule has 1 aliphatic heterocycles. The Bertz CT molecular complexity index is 1350. The molecule has 3 atom stereocenters. The Balaban J connectivity index is 1.34. The summed E-state index contributed by atoms with van der Waals surface area (Å²) in [5.41, 5.74) is 1.64. The van der Waals surface area contributed by atoms with Crippen molar-refractivity contribution in [1.82, 2.24) is 15.2 Å². The maximum atomic E-state index is 13.7. The number of alkyl halides is 3. The third kappa shape index (κ3) is 4.64. The first-order valence-electron chi connectivity index (χ1n) is 11.9. The van der Waals surface area contributed by atoms with E-state index in [1.54, 1.807) is 0 Å². The Kier molecular flexibility index (Phi) is 6.14. The van der Waals surface area contributed by atoms with E-state index in [4.69, 9.17) is 0 Å². The second-order valence-electron chi connectivity index (χ2n) is 9.68. The minimum absolute atomic E-state index is 0.0502. The molecular weight excluding hydrogens is 487 g/mol. The number of hydrogen-bond acceptors (Lipinski definition) is 4. The van der Waals surface area contributed by atoms with Gasteiger partial charge in [-0.3, -0.25) is 9.59 Å². The molecule has 1 N–H and O–H groups in total. The maximum Gasteiger partial charge on any atom is 0.416 e. The van der Waals surface area contributed by atoms with Gasteiger partial charge in [-0.25, -0.2) is 4.98 Å². The highest BCUT2D eigenvalue weighted by atomic mass is 32.1. The molecule has 0 spiro atoms. The third-order valence-corrected chi connectivity index (χ3v) is 7.99. The number of halogens is 3. The minimum Gasteiger partial charge on any atom is -0.350 e. The summed E-state index contributed by atoms with van der Waals surface area (Å²) in [6.07, 6.45) is -2.86. The average molecular weight is 514 g/mol. The standard InChI is InChI=1S/C27H26F3N3O2S/c1-14-5-4-6-17(9-14)24-23(32-16(3)36-24)26(35)33-20(10-19-12-22(19)33)13-31-25(34)18-8-7-15(2)21(11-18)27(28,29)30/h4-9,11,19-20,22H,10,12-13H2,1-3H3,(H,31,34)/t19-,20+,22?/m1/s1. The molecule has 2 fully saturated rings. The number of piperidine rings is 1. The van der Waals surface area contributed by atoms with Crippen LogP contribution < -0.4 is 5.32 Å². The van der Waals surface area contributed by atoms with Crippen molar-refractivity contribution >= 4 is 23.2 Å². The number of likely N-dealkylation sites (tertiary alicyclic amines) is 1. The van der Waals surface area contributed by atoms with Gasteiger partial charge >= 0.3 is 6.18 Å². The summed E-state index contributed by atoms with van der Waals surface area (Å²) < 4.78 is 39.8. The molecule has 3 aromatic rings. The Morgan fingerprint density at radius 1 is 1.11 bits per heavy atom. The highest BCUT2D eigenvalue weighted by Gasteiger charge is 2.54. The first-order chi connectivity index (χ1) is 17.0. The lowest BCUT2D eigenvalue weighted by atomic mass is 10.0. The lowest BCUT2D eigenvalue weighted by Gasteiger charge is -2.27. The van der Waals surface area contributed by atoms with Crippen molar-refractivity contribution in [2.45, 2.75) is 51.9 Å². The summed E-state index contributed by atoms with van der Waals surface area (Å²) in [5, 5.41) is 3.55. The zero-order valence-corrected chi connectivity index (χ0v) is 21.0. The number of aromatic nitrogens is 1. The van der Waals surface area contributed by atoms with Crippen molar-refractivity contribution in [2.24, 2.45) is 5.92 Å².